The lowest BCUT2D eigenvalue weighted by Crippen LogP contribution is -2.45. The smallest absolute Gasteiger partial charge is 0.230 e. The van der Waals surface area contributed by atoms with Crippen LogP contribution in [-0.2, 0) is 20.7 Å². The molecule has 1 aromatic carbocycles. The van der Waals surface area contributed by atoms with Crippen molar-refractivity contribution in [1.82, 2.24) is 4.98 Å². The van der Waals surface area contributed by atoms with Gasteiger partial charge in [0.05, 0.1) is 31.5 Å². The van der Waals surface area contributed by atoms with Gasteiger partial charge in [0.1, 0.15) is 11.6 Å². The normalized spacial score (nSPS) is 18.6. The molecule has 2 saturated heterocycles. The Bertz CT molecular complexity index is 796. The summed E-state index contributed by atoms with van der Waals surface area (Å²) in [6.07, 6.45) is 3.37. The Morgan fingerprint density at radius 2 is 1.89 bits per heavy atom. The summed E-state index contributed by atoms with van der Waals surface area (Å²) in [6.45, 7) is 3.01. The summed E-state index contributed by atoms with van der Waals surface area (Å²) in [5.41, 5.74) is 1.36. The van der Waals surface area contributed by atoms with Crippen LogP contribution in [0.15, 0.2) is 42.6 Å². The minimum absolute atomic E-state index is 0.0235. The summed E-state index contributed by atoms with van der Waals surface area (Å²) in [6, 6.07) is 9.96. The largest absolute Gasteiger partial charge is 0.370 e. The second-order valence-corrected chi connectivity index (χ2v) is 6.81. The number of hydrogen-bond donors (Lipinski definition) is 1. The van der Waals surface area contributed by atoms with Gasteiger partial charge in [-0.1, -0.05) is 18.2 Å². The molecular formula is C20H22FN3O3. The standard InChI is InChI=1S/C20H22FN3O3/c21-17-4-2-1-3-15(17)13-19(25)23-18-6-5-16(14-22-18)24-9-7-20(8-10-24)26-11-12-27-20/h1-6,14H,7-13H2,(H,22,23,25). The van der Waals surface area contributed by atoms with Crippen LogP contribution in [0.5, 0.6) is 0 Å². The quantitative estimate of drug-likeness (QED) is 0.895. The molecule has 2 aromatic rings. The lowest BCUT2D eigenvalue weighted by Gasteiger charge is -2.38. The molecule has 7 heteroatoms. The van der Waals surface area contributed by atoms with E-state index in [1.54, 1.807) is 30.5 Å². The maximum absolute atomic E-state index is 13.6. The Labute approximate surface area is 157 Å². The lowest BCUT2D eigenvalue weighted by molar-refractivity contribution is -0.169. The fraction of sp³-hybridized carbons (Fsp3) is 0.400. The van der Waals surface area contributed by atoms with E-state index in [-0.39, 0.29) is 18.1 Å². The number of hydrogen-bond acceptors (Lipinski definition) is 5. The first-order valence-electron chi connectivity index (χ1n) is 9.16. The molecule has 0 unspecified atom stereocenters. The highest BCUT2D eigenvalue weighted by molar-refractivity contribution is 5.91. The van der Waals surface area contributed by atoms with E-state index in [2.05, 4.69) is 15.2 Å². The summed E-state index contributed by atoms with van der Waals surface area (Å²) in [5, 5.41) is 2.71. The van der Waals surface area contributed by atoms with Crippen molar-refractivity contribution in [2.45, 2.75) is 25.0 Å². The Hall–Kier alpha value is -2.51. The highest BCUT2D eigenvalue weighted by atomic mass is 19.1. The predicted molar refractivity (Wildman–Crippen MR) is 99.1 cm³/mol. The van der Waals surface area contributed by atoms with Crippen LogP contribution >= 0.6 is 0 Å². The predicted octanol–water partition coefficient (Wildman–Crippen LogP) is 2.75. The van der Waals surface area contributed by atoms with Crippen molar-refractivity contribution in [3.63, 3.8) is 0 Å². The van der Waals surface area contributed by atoms with Crippen LogP contribution in [0.1, 0.15) is 18.4 Å². The molecule has 6 nitrogen and oxygen atoms in total. The Balaban J connectivity index is 1.32. The molecule has 3 heterocycles. The van der Waals surface area contributed by atoms with Gasteiger partial charge in [0.2, 0.25) is 5.91 Å². The highest BCUT2D eigenvalue weighted by Gasteiger charge is 2.39. The zero-order valence-corrected chi connectivity index (χ0v) is 15.0. The number of ether oxygens (including phenoxy) is 2. The molecule has 2 fully saturated rings. The van der Waals surface area contributed by atoms with Crippen LogP contribution in [0, 0.1) is 5.82 Å². The second kappa shape index (κ2) is 7.62. The molecule has 1 aromatic heterocycles. The van der Waals surface area contributed by atoms with E-state index in [1.807, 2.05) is 6.07 Å². The summed E-state index contributed by atoms with van der Waals surface area (Å²) >= 11 is 0. The molecule has 0 radical (unpaired) electrons. The minimum Gasteiger partial charge on any atom is -0.370 e. The number of aromatic nitrogens is 1. The van der Waals surface area contributed by atoms with Gasteiger partial charge in [-0.15, -0.1) is 0 Å². The number of carbonyl (C=O) groups excluding carboxylic acids is 1. The summed E-state index contributed by atoms with van der Waals surface area (Å²) in [4.78, 5) is 18.7. The van der Waals surface area contributed by atoms with Crippen LogP contribution < -0.4 is 10.2 Å². The van der Waals surface area contributed by atoms with Crippen molar-refractivity contribution < 1.29 is 18.7 Å². The Morgan fingerprint density at radius 3 is 2.56 bits per heavy atom. The zero-order valence-electron chi connectivity index (χ0n) is 15.0. The molecule has 4 rings (SSSR count). The molecule has 2 aliphatic heterocycles. The number of piperidine rings is 1. The number of carbonyl (C=O) groups is 1. The monoisotopic (exact) mass is 371 g/mol. The van der Waals surface area contributed by atoms with Crippen LogP contribution in [0.4, 0.5) is 15.9 Å². The maximum Gasteiger partial charge on any atom is 0.230 e. The Kier molecular flexibility index (Phi) is 5.05. The molecule has 1 amide bonds. The van der Waals surface area contributed by atoms with Crippen LogP contribution in [-0.4, -0.2) is 43.0 Å². The van der Waals surface area contributed by atoms with Gasteiger partial charge in [-0.25, -0.2) is 9.37 Å². The van der Waals surface area contributed by atoms with Gasteiger partial charge in [-0.3, -0.25) is 4.79 Å². The second-order valence-electron chi connectivity index (χ2n) is 6.81. The number of pyridine rings is 1. The number of amides is 1. The zero-order chi connectivity index (χ0) is 18.7. The van der Waals surface area contributed by atoms with E-state index in [9.17, 15) is 9.18 Å². The van der Waals surface area contributed by atoms with E-state index < -0.39 is 5.79 Å². The van der Waals surface area contributed by atoms with Gasteiger partial charge < -0.3 is 19.7 Å². The van der Waals surface area contributed by atoms with Crippen molar-refractivity contribution >= 4 is 17.4 Å². The van der Waals surface area contributed by atoms with Gasteiger partial charge >= 0.3 is 0 Å². The molecule has 142 valence electrons. The first-order chi connectivity index (χ1) is 13.1. The van der Waals surface area contributed by atoms with E-state index in [0.29, 0.717) is 24.6 Å². The topological polar surface area (TPSA) is 63.7 Å². The van der Waals surface area contributed by atoms with Crippen molar-refractivity contribution in [3.05, 3.63) is 54.0 Å². The molecule has 0 bridgehead atoms. The van der Waals surface area contributed by atoms with Gasteiger partial charge in [0.25, 0.3) is 0 Å². The average Bonchev–Trinajstić information content (AvgIpc) is 3.13. The molecule has 1 N–H and O–H groups in total. The maximum atomic E-state index is 13.6. The number of rotatable bonds is 4. The molecule has 2 aliphatic rings. The van der Waals surface area contributed by atoms with Crippen LogP contribution in [0.3, 0.4) is 0 Å². The molecule has 0 aliphatic carbocycles. The first kappa shape index (κ1) is 17.9. The van der Waals surface area contributed by atoms with Crippen molar-refractivity contribution in [3.8, 4) is 0 Å². The molecule has 0 saturated carbocycles. The summed E-state index contributed by atoms with van der Waals surface area (Å²) in [5.74, 6) is -0.620. The van der Waals surface area contributed by atoms with E-state index in [0.717, 1.165) is 31.6 Å². The molecule has 1 spiro atoms. The Morgan fingerprint density at radius 1 is 1.15 bits per heavy atom. The van der Waals surface area contributed by atoms with Crippen LogP contribution in [0.2, 0.25) is 0 Å². The third kappa shape index (κ3) is 4.09. The van der Waals surface area contributed by atoms with Crippen molar-refractivity contribution in [2.75, 3.05) is 36.5 Å². The highest BCUT2D eigenvalue weighted by Crippen LogP contribution is 2.33. The number of nitrogens with zero attached hydrogens (tertiary/aromatic N) is 2. The lowest BCUT2D eigenvalue weighted by atomic mass is 10.0. The van der Waals surface area contributed by atoms with E-state index >= 15 is 0 Å². The van der Waals surface area contributed by atoms with E-state index in [1.165, 1.54) is 6.07 Å². The third-order valence-corrected chi connectivity index (χ3v) is 5.03. The number of halogens is 1. The molecule has 27 heavy (non-hydrogen) atoms. The van der Waals surface area contributed by atoms with Crippen LogP contribution in [0.25, 0.3) is 0 Å². The number of anilines is 2. The molecule has 0 atom stereocenters. The summed E-state index contributed by atoms with van der Waals surface area (Å²) in [7, 11) is 0. The van der Waals surface area contributed by atoms with Crippen molar-refractivity contribution in [2.24, 2.45) is 0 Å². The minimum atomic E-state index is -0.398. The fourth-order valence-corrected chi connectivity index (χ4v) is 3.54. The van der Waals surface area contributed by atoms with Gasteiger partial charge in [0, 0.05) is 25.9 Å². The number of nitrogens with one attached hydrogen (secondary N) is 1. The van der Waals surface area contributed by atoms with Gasteiger partial charge in [-0.2, -0.15) is 0 Å². The molecular weight excluding hydrogens is 349 g/mol. The SMILES string of the molecule is O=C(Cc1ccccc1F)Nc1ccc(N2CCC3(CC2)OCCO3)cn1. The fourth-order valence-electron chi connectivity index (χ4n) is 3.54. The summed E-state index contributed by atoms with van der Waals surface area (Å²) < 4.78 is 25.1. The van der Waals surface area contributed by atoms with Crippen molar-refractivity contribution in [1.29, 1.82) is 0 Å². The van der Waals surface area contributed by atoms with E-state index in [4.69, 9.17) is 9.47 Å². The third-order valence-electron chi connectivity index (χ3n) is 5.03. The van der Waals surface area contributed by atoms with Gasteiger partial charge in [-0.05, 0) is 23.8 Å². The first-order valence-corrected chi connectivity index (χ1v) is 9.16. The van der Waals surface area contributed by atoms with Gasteiger partial charge in [0.15, 0.2) is 5.79 Å². The number of benzene rings is 1. The average molecular weight is 371 g/mol.